The summed E-state index contributed by atoms with van der Waals surface area (Å²) in [5.41, 5.74) is 0.0174. The van der Waals surface area contributed by atoms with Crippen molar-refractivity contribution in [3.8, 4) is 0 Å². The van der Waals surface area contributed by atoms with Crippen molar-refractivity contribution in [1.82, 2.24) is 4.90 Å². The first-order chi connectivity index (χ1) is 17.4. The van der Waals surface area contributed by atoms with Gasteiger partial charge in [0.2, 0.25) is 11.6 Å². The molecule has 1 atom stereocenters. The summed E-state index contributed by atoms with van der Waals surface area (Å²) in [6.07, 6.45) is 0.0565. The predicted molar refractivity (Wildman–Crippen MR) is 128 cm³/mol. The Hall–Kier alpha value is -4.53. The van der Waals surface area contributed by atoms with Crippen molar-refractivity contribution >= 4 is 35.1 Å². The number of carbonyl (C=O) groups is 4. The second kappa shape index (κ2) is 9.26. The van der Waals surface area contributed by atoms with Gasteiger partial charge in [0.25, 0.3) is 11.8 Å². The van der Waals surface area contributed by atoms with Crippen LogP contribution >= 0.6 is 0 Å². The molecule has 0 aromatic heterocycles. The first-order valence-electron chi connectivity index (χ1n) is 11.4. The summed E-state index contributed by atoms with van der Waals surface area (Å²) in [6, 6.07) is 20.9. The Morgan fingerprint density at radius 2 is 1.64 bits per heavy atom. The normalized spacial score (nSPS) is 18.5. The molecule has 2 aliphatic rings. The standard InChI is InChI=1S/C27H22FN3O5/c28-19-10-12-20(13-11-19)29-23(32)17-36-26(35)27-15-14-24(33)31(27)22-9-5-4-8-21(22)25(34)30(27)16-18-6-2-1-3-7-18/h1-13H,14-17H2,(H,29,32). The number of halogens is 1. The minimum atomic E-state index is -1.73. The number of carbonyl (C=O) groups excluding carboxylic acids is 4. The van der Waals surface area contributed by atoms with Crippen LogP contribution in [0.1, 0.15) is 28.8 Å². The van der Waals surface area contributed by atoms with Crippen LogP contribution in [-0.2, 0) is 25.7 Å². The second-order valence-electron chi connectivity index (χ2n) is 8.57. The number of para-hydroxylation sites is 1. The number of hydrogen-bond acceptors (Lipinski definition) is 5. The zero-order valence-corrected chi connectivity index (χ0v) is 19.1. The summed E-state index contributed by atoms with van der Waals surface area (Å²) in [4.78, 5) is 55.5. The van der Waals surface area contributed by atoms with E-state index in [-0.39, 0.29) is 25.3 Å². The van der Waals surface area contributed by atoms with Gasteiger partial charge in [-0.05, 0) is 42.0 Å². The maximum Gasteiger partial charge on any atom is 0.354 e. The van der Waals surface area contributed by atoms with Gasteiger partial charge < -0.3 is 15.0 Å². The van der Waals surface area contributed by atoms with E-state index in [1.54, 1.807) is 24.3 Å². The molecule has 1 N–H and O–H groups in total. The molecule has 2 heterocycles. The maximum absolute atomic E-state index is 13.7. The molecule has 0 bridgehead atoms. The molecule has 3 aromatic rings. The van der Waals surface area contributed by atoms with E-state index in [1.807, 2.05) is 30.3 Å². The lowest BCUT2D eigenvalue weighted by atomic mass is 9.95. The van der Waals surface area contributed by atoms with Gasteiger partial charge in [-0.1, -0.05) is 42.5 Å². The zero-order chi connectivity index (χ0) is 25.3. The lowest BCUT2D eigenvalue weighted by molar-refractivity contribution is -0.159. The number of rotatable bonds is 6. The van der Waals surface area contributed by atoms with Gasteiger partial charge in [-0.15, -0.1) is 0 Å². The lowest BCUT2D eigenvalue weighted by Gasteiger charge is -2.48. The molecule has 0 spiro atoms. The summed E-state index contributed by atoms with van der Waals surface area (Å²) in [5.74, 6) is -2.69. The van der Waals surface area contributed by atoms with Crippen LogP contribution in [-0.4, -0.2) is 40.9 Å². The Morgan fingerprint density at radius 1 is 0.944 bits per heavy atom. The summed E-state index contributed by atoms with van der Waals surface area (Å²) in [7, 11) is 0. The molecule has 182 valence electrons. The van der Waals surface area contributed by atoms with Gasteiger partial charge in [0.15, 0.2) is 6.61 Å². The van der Waals surface area contributed by atoms with Crippen LogP contribution in [0, 0.1) is 5.82 Å². The predicted octanol–water partition coefficient (Wildman–Crippen LogP) is 3.49. The summed E-state index contributed by atoms with van der Waals surface area (Å²) < 4.78 is 18.5. The number of ether oxygens (including phenoxy) is 1. The molecule has 8 nitrogen and oxygen atoms in total. The molecule has 0 aliphatic carbocycles. The van der Waals surface area contributed by atoms with Crippen molar-refractivity contribution in [2.24, 2.45) is 0 Å². The van der Waals surface area contributed by atoms with Gasteiger partial charge >= 0.3 is 5.97 Å². The van der Waals surface area contributed by atoms with Crippen LogP contribution in [0.5, 0.6) is 0 Å². The Labute approximate surface area is 206 Å². The van der Waals surface area contributed by atoms with E-state index in [1.165, 1.54) is 34.1 Å². The number of amides is 3. The van der Waals surface area contributed by atoms with Crippen molar-refractivity contribution in [1.29, 1.82) is 0 Å². The fraction of sp³-hybridized carbons (Fsp3) is 0.185. The van der Waals surface area contributed by atoms with Crippen LogP contribution in [0.25, 0.3) is 0 Å². The SMILES string of the molecule is O=C(COC(=O)C12CCC(=O)N1c1ccccc1C(=O)N2Cc1ccccc1)Nc1ccc(F)cc1. The molecule has 9 heteroatoms. The first-order valence-corrected chi connectivity index (χ1v) is 11.4. The number of nitrogens with zero attached hydrogens (tertiary/aromatic N) is 2. The van der Waals surface area contributed by atoms with Crippen molar-refractivity contribution in [3.05, 3.63) is 95.8 Å². The average molecular weight is 487 g/mol. The number of benzene rings is 3. The topological polar surface area (TPSA) is 96.0 Å². The van der Waals surface area contributed by atoms with E-state index in [0.717, 1.165) is 5.56 Å². The van der Waals surface area contributed by atoms with Crippen molar-refractivity contribution in [2.75, 3.05) is 16.8 Å². The number of anilines is 2. The van der Waals surface area contributed by atoms with E-state index in [2.05, 4.69) is 5.32 Å². The molecule has 0 saturated carbocycles. The number of fused-ring (bicyclic) bond motifs is 3. The summed E-state index contributed by atoms with van der Waals surface area (Å²) in [6.45, 7) is -0.580. The fourth-order valence-corrected chi connectivity index (χ4v) is 4.71. The highest BCUT2D eigenvalue weighted by Gasteiger charge is 2.62. The third-order valence-electron chi connectivity index (χ3n) is 6.35. The number of nitrogens with one attached hydrogen (secondary N) is 1. The molecule has 1 saturated heterocycles. The molecule has 5 rings (SSSR count). The largest absolute Gasteiger partial charge is 0.452 e. The molecule has 0 radical (unpaired) electrons. The maximum atomic E-state index is 13.7. The van der Waals surface area contributed by atoms with Crippen molar-refractivity contribution < 1.29 is 28.3 Å². The van der Waals surface area contributed by atoms with Crippen molar-refractivity contribution in [3.63, 3.8) is 0 Å². The van der Waals surface area contributed by atoms with Crippen LogP contribution in [0.3, 0.4) is 0 Å². The molecule has 1 unspecified atom stereocenters. The Kier molecular flexibility index (Phi) is 5.97. The minimum Gasteiger partial charge on any atom is -0.452 e. The molecule has 3 amide bonds. The van der Waals surface area contributed by atoms with Gasteiger partial charge in [-0.3, -0.25) is 19.3 Å². The van der Waals surface area contributed by atoms with Gasteiger partial charge in [-0.25, -0.2) is 9.18 Å². The quantitative estimate of drug-likeness (QED) is 0.537. The lowest BCUT2D eigenvalue weighted by Crippen LogP contribution is -2.68. The summed E-state index contributed by atoms with van der Waals surface area (Å²) in [5, 5.41) is 2.53. The Bertz CT molecular complexity index is 1350. The monoisotopic (exact) mass is 487 g/mol. The third-order valence-corrected chi connectivity index (χ3v) is 6.35. The fourth-order valence-electron chi connectivity index (χ4n) is 4.71. The van der Waals surface area contributed by atoms with E-state index in [0.29, 0.717) is 16.9 Å². The molecule has 3 aromatic carbocycles. The van der Waals surface area contributed by atoms with Crippen molar-refractivity contribution in [2.45, 2.75) is 25.0 Å². The molecule has 36 heavy (non-hydrogen) atoms. The molecule has 1 fully saturated rings. The highest BCUT2D eigenvalue weighted by molar-refractivity contribution is 6.15. The Morgan fingerprint density at radius 3 is 2.39 bits per heavy atom. The first kappa shape index (κ1) is 23.2. The van der Waals surface area contributed by atoms with Crippen LogP contribution in [0.4, 0.5) is 15.8 Å². The van der Waals surface area contributed by atoms with E-state index < -0.39 is 35.9 Å². The highest BCUT2D eigenvalue weighted by atomic mass is 19.1. The Balaban J connectivity index is 1.46. The van der Waals surface area contributed by atoms with E-state index in [4.69, 9.17) is 4.74 Å². The van der Waals surface area contributed by atoms with Crippen LogP contribution in [0.15, 0.2) is 78.9 Å². The van der Waals surface area contributed by atoms with Gasteiger partial charge in [-0.2, -0.15) is 0 Å². The molecule has 2 aliphatic heterocycles. The van der Waals surface area contributed by atoms with Gasteiger partial charge in [0.1, 0.15) is 5.82 Å². The highest BCUT2D eigenvalue weighted by Crippen LogP contribution is 2.45. The number of esters is 1. The second-order valence-corrected chi connectivity index (χ2v) is 8.57. The van der Waals surface area contributed by atoms with Crippen LogP contribution in [0.2, 0.25) is 0 Å². The van der Waals surface area contributed by atoms with Gasteiger partial charge in [0, 0.05) is 25.1 Å². The minimum absolute atomic E-state index is 0.0250. The average Bonchev–Trinajstić information content (AvgIpc) is 3.25. The molecular weight excluding hydrogens is 465 g/mol. The van der Waals surface area contributed by atoms with E-state index >= 15 is 0 Å². The number of hydrogen-bond donors (Lipinski definition) is 1. The van der Waals surface area contributed by atoms with Gasteiger partial charge in [0.05, 0.1) is 11.3 Å². The van der Waals surface area contributed by atoms with Crippen LogP contribution < -0.4 is 10.2 Å². The smallest absolute Gasteiger partial charge is 0.354 e. The third kappa shape index (κ3) is 3.98. The molecular formula is C27H22FN3O5. The zero-order valence-electron chi connectivity index (χ0n) is 19.1. The van der Waals surface area contributed by atoms with E-state index in [9.17, 15) is 23.6 Å². The summed E-state index contributed by atoms with van der Waals surface area (Å²) >= 11 is 0.